The van der Waals surface area contributed by atoms with E-state index in [-0.39, 0.29) is 12.5 Å². The minimum atomic E-state index is -0.237. The van der Waals surface area contributed by atoms with Crippen LogP contribution >= 0.6 is 11.3 Å². The summed E-state index contributed by atoms with van der Waals surface area (Å²) in [4.78, 5) is 12.2. The Morgan fingerprint density at radius 1 is 1.07 bits per heavy atom. The number of ether oxygens (including phenoxy) is 1. The Morgan fingerprint density at radius 2 is 1.85 bits per heavy atom. The lowest BCUT2D eigenvalue weighted by molar-refractivity contribution is -0.118. The molecular formula is C21H21N3O2S. The molecule has 1 heterocycles. The topological polar surface area (TPSA) is 64.1 Å². The molecule has 1 N–H and O–H groups in total. The van der Waals surface area contributed by atoms with Crippen molar-refractivity contribution in [3.63, 3.8) is 0 Å². The van der Waals surface area contributed by atoms with Gasteiger partial charge in [0.15, 0.2) is 6.61 Å². The standard InChI is InChI=1S/C21H21N3O2S/c1-14-6-8-16(9-7-14)20-23-24-21(27-20)22-19(25)13-26-18-11-10-15-4-2-3-5-17(15)12-18/h6-12H,2-5,13H2,1H3,(H,22,24,25). The van der Waals surface area contributed by atoms with Crippen LogP contribution in [0, 0.1) is 6.92 Å². The van der Waals surface area contributed by atoms with Gasteiger partial charge in [0.25, 0.3) is 5.91 Å². The van der Waals surface area contributed by atoms with Gasteiger partial charge >= 0.3 is 0 Å². The quantitative estimate of drug-likeness (QED) is 0.713. The lowest BCUT2D eigenvalue weighted by Crippen LogP contribution is -2.20. The van der Waals surface area contributed by atoms with Crippen LogP contribution in [0.15, 0.2) is 42.5 Å². The van der Waals surface area contributed by atoms with Gasteiger partial charge in [0.2, 0.25) is 5.13 Å². The molecule has 0 radical (unpaired) electrons. The highest BCUT2D eigenvalue weighted by Crippen LogP contribution is 2.27. The molecule has 0 unspecified atom stereocenters. The van der Waals surface area contributed by atoms with E-state index in [1.54, 1.807) is 0 Å². The Labute approximate surface area is 162 Å². The number of aromatic nitrogens is 2. The molecule has 1 amide bonds. The van der Waals surface area contributed by atoms with Crippen LogP contribution in [0.25, 0.3) is 10.6 Å². The molecule has 1 aromatic heterocycles. The first-order valence-corrected chi connectivity index (χ1v) is 9.94. The van der Waals surface area contributed by atoms with Crippen LogP contribution in [0.4, 0.5) is 5.13 Å². The summed E-state index contributed by atoms with van der Waals surface area (Å²) in [5, 5.41) is 12.2. The number of amides is 1. The molecule has 3 aromatic rings. The molecule has 0 saturated heterocycles. The summed E-state index contributed by atoms with van der Waals surface area (Å²) < 4.78 is 5.66. The second kappa shape index (κ2) is 7.88. The lowest BCUT2D eigenvalue weighted by Gasteiger charge is -2.16. The van der Waals surface area contributed by atoms with Gasteiger partial charge < -0.3 is 4.74 Å². The number of aryl methyl sites for hydroxylation is 3. The molecule has 1 aliphatic carbocycles. The third-order valence-corrected chi connectivity index (χ3v) is 5.55. The molecule has 2 aromatic carbocycles. The molecule has 0 aliphatic heterocycles. The van der Waals surface area contributed by atoms with Crippen LogP contribution in [-0.4, -0.2) is 22.7 Å². The van der Waals surface area contributed by atoms with Crippen LogP contribution < -0.4 is 10.1 Å². The molecule has 0 fully saturated rings. The average Bonchev–Trinajstić information content (AvgIpc) is 3.15. The van der Waals surface area contributed by atoms with Gasteiger partial charge in [0, 0.05) is 5.56 Å². The van der Waals surface area contributed by atoms with Crippen molar-refractivity contribution in [1.29, 1.82) is 0 Å². The SMILES string of the molecule is Cc1ccc(-c2nnc(NC(=O)COc3ccc4c(c3)CCCC4)s2)cc1. The second-order valence-corrected chi connectivity index (χ2v) is 7.73. The summed E-state index contributed by atoms with van der Waals surface area (Å²) in [6.45, 7) is 2.00. The smallest absolute Gasteiger partial charge is 0.264 e. The highest BCUT2D eigenvalue weighted by atomic mass is 32.1. The van der Waals surface area contributed by atoms with Crippen LogP contribution in [0.1, 0.15) is 29.5 Å². The number of nitrogens with one attached hydrogen (secondary N) is 1. The first kappa shape index (κ1) is 17.7. The molecule has 0 saturated carbocycles. The van der Waals surface area contributed by atoms with Gasteiger partial charge in [-0.05, 0) is 55.9 Å². The third kappa shape index (κ3) is 4.34. The van der Waals surface area contributed by atoms with Crippen molar-refractivity contribution in [2.24, 2.45) is 0 Å². The first-order chi connectivity index (χ1) is 13.2. The third-order valence-electron chi connectivity index (χ3n) is 4.66. The second-order valence-electron chi connectivity index (χ2n) is 6.75. The van der Waals surface area contributed by atoms with Crippen molar-refractivity contribution in [1.82, 2.24) is 10.2 Å². The number of hydrogen-bond acceptors (Lipinski definition) is 5. The summed E-state index contributed by atoms with van der Waals surface area (Å²) in [5.41, 5.74) is 4.92. The van der Waals surface area contributed by atoms with Crippen molar-refractivity contribution in [3.05, 3.63) is 59.2 Å². The molecule has 1 aliphatic rings. The number of nitrogens with zero attached hydrogens (tertiary/aromatic N) is 2. The summed E-state index contributed by atoms with van der Waals surface area (Å²) in [7, 11) is 0. The number of carbonyl (C=O) groups excluding carboxylic acids is 1. The van der Waals surface area contributed by atoms with Gasteiger partial charge in [-0.3, -0.25) is 10.1 Å². The normalized spacial score (nSPS) is 13.1. The predicted octanol–water partition coefficient (Wildman–Crippen LogP) is 4.41. The summed E-state index contributed by atoms with van der Waals surface area (Å²) in [6.07, 6.45) is 4.70. The fourth-order valence-corrected chi connectivity index (χ4v) is 3.96. The highest BCUT2D eigenvalue weighted by Gasteiger charge is 2.12. The van der Waals surface area contributed by atoms with E-state index in [0.29, 0.717) is 5.13 Å². The van der Waals surface area contributed by atoms with E-state index in [0.717, 1.165) is 29.2 Å². The van der Waals surface area contributed by atoms with E-state index in [4.69, 9.17) is 4.74 Å². The van der Waals surface area contributed by atoms with E-state index in [9.17, 15) is 4.79 Å². The largest absolute Gasteiger partial charge is 0.484 e. The Hall–Kier alpha value is -2.73. The van der Waals surface area contributed by atoms with Crippen molar-refractivity contribution in [3.8, 4) is 16.3 Å². The zero-order chi connectivity index (χ0) is 18.6. The van der Waals surface area contributed by atoms with E-state index in [2.05, 4.69) is 27.6 Å². The summed E-state index contributed by atoms with van der Waals surface area (Å²) in [5.74, 6) is 0.503. The minimum absolute atomic E-state index is 0.0434. The van der Waals surface area contributed by atoms with Gasteiger partial charge in [-0.25, -0.2) is 0 Å². The number of benzene rings is 2. The van der Waals surface area contributed by atoms with Gasteiger partial charge in [-0.2, -0.15) is 0 Å². The van der Waals surface area contributed by atoms with Crippen molar-refractivity contribution in [2.75, 3.05) is 11.9 Å². The Morgan fingerprint density at radius 3 is 2.67 bits per heavy atom. The fraction of sp³-hybridized carbons (Fsp3) is 0.286. The van der Waals surface area contributed by atoms with Crippen LogP contribution in [0.3, 0.4) is 0 Å². The highest BCUT2D eigenvalue weighted by molar-refractivity contribution is 7.18. The van der Waals surface area contributed by atoms with Gasteiger partial charge in [0.1, 0.15) is 10.8 Å². The Bertz CT molecular complexity index is 950. The number of rotatable bonds is 5. The predicted molar refractivity (Wildman–Crippen MR) is 107 cm³/mol. The van der Waals surface area contributed by atoms with Crippen molar-refractivity contribution < 1.29 is 9.53 Å². The van der Waals surface area contributed by atoms with E-state index >= 15 is 0 Å². The Balaban J connectivity index is 1.34. The van der Waals surface area contributed by atoms with E-state index in [1.807, 2.05) is 37.3 Å². The molecular weight excluding hydrogens is 358 g/mol. The maximum atomic E-state index is 12.2. The summed E-state index contributed by atoms with van der Waals surface area (Å²) >= 11 is 1.35. The van der Waals surface area contributed by atoms with Gasteiger partial charge in [-0.1, -0.05) is 47.2 Å². The molecule has 27 heavy (non-hydrogen) atoms. The van der Waals surface area contributed by atoms with Crippen LogP contribution in [0.2, 0.25) is 0 Å². The zero-order valence-electron chi connectivity index (χ0n) is 15.2. The maximum Gasteiger partial charge on any atom is 0.264 e. The van der Waals surface area contributed by atoms with Crippen LogP contribution in [0.5, 0.6) is 5.75 Å². The molecule has 5 nitrogen and oxygen atoms in total. The Kier molecular flexibility index (Phi) is 5.16. The van der Waals surface area contributed by atoms with Crippen LogP contribution in [-0.2, 0) is 17.6 Å². The summed E-state index contributed by atoms with van der Waals surface area (Å²) in [6, 6.07) is 14.2. The number of anilines is 1. The lowest BCUT2D eigenvalue weighted by atomic mass is 9.92. The van der Waals surface area contributed by atoms with Gasteiger partial charge in [0.05, 0.1) is 0 Å². The van der Waals surface area contributed by atoms with E-state index in [1.165, 1.54) is 40.9 Å². The zero-order valence-corrected chi connectivity index (χ0v) is 16.0. The monoisotopic (exact) mass is 379 g/mol. The maximum absolute atomic E-state index is 12.2. The van der Waals surface area contributed by atoms with E-state index < -0.39 is 0 Å². The first-order valence-electron chi connectivity index (χ1n) is 9.12. The number of fused-ring (bicyclic) bond motifs is 1. The molecule has 0 bridgehead atoms. The molecule has 6 heteroatoms. The minimum Gasteiger partial charge on any atom is -0.484 e. The number of carbonyl (C=O) groups is 1. The molecule has 0 spiro atoms. The molecule has 0 atom stereocenters. The average molecular weight is 379 g/mol. The fourth-order valence-electron chi connectivity index (χ4n) is 3.19. The molecule has 138 valence electrons. The van der Waals surface area contributed by atoms with Crippen molar-refractivity contribution in [2.45, 2.75) is 32.6 Å². The number of hydrogen-bond donors (Lipinski definition) is 1. The van der Waals surface area contributed by atoms with Gasteiger partial charge in [-0.15, -0.1) is 10.2 Å². The molecule has 4 rings (SSSR count). The van der Waals surface area contributed by atoms with Crippen molar-refractivity contribution >= 4 is 22.4 Å².